The Balaban J connectivity index is 1.56. The maximum Gasteiger partial charge on any atom is 0.417 e. The molecule has 0 spiro atoms. The monoisotopic (exact) mass is 506 g/mol. The van der Waals surface area contributed by atoms with E-state index in [9.17, 15) is 18.0 Å². The molecule has 9 nitrogen and oxygen atoms in total. The molecule has 37 heavy (non-hydrogen) atoms. The van der Waals surface area contributed by atoms with Gasteiger partial charge in [-0.25, -0.2) is 19.9 Å². The lowest BCUT2D eigenvalue weighted by atomic mass is 10.1. The minimum absolute atomic E-state index is 0.0615. The zero-order chi connectivity index (χ0) is 26.3. The predicted molar refractivity (Wildman–Crippen MR) is 129 cm³/mol. The summed E-state index contributed by atoms with van der Waals surface area (Å²) in [6.07, 6.45) is 0.978. The van der Waals surface area contributed by atoms with E-state index in [1.807, 2.05) is 6.92 Å². The molecule has 5 aromatic rings. The standard InChI is InChI=1S/C25H21F3N8O/c1-14-21-22(29)34-19-7-4-16(10-20(19)36(21)13-33-14)24(37)35(15(2)23-30-8-3-9-31-23)12-18-6-5-17(11-32-18)25(26,27)28/h3-11,13,15H,12H2,1-2H3,(H2,29,34)/t15-/m0/s1. The number of carbonyl (C=O) groups excluding carboxylic acids is 1. The molecule has 0 radical (unpaired) electrons. The molecule has 5 rings (SSSR count). The lowest BCUT2D eigenvalue weighted by Crippen LogP contribution is -2.34. The van der Waals surface area contributed by atoms with Crippen molar-refractivity contribution in [2.45, 2.75) is 32.6 Å². The van der Waals surface area contributed by atoms with E-state index in [0.717, 1.165) is 12.3 Å². The summed E-state index contributed by atoms with van der Waals surface area (Å²) in [5, 5.41) is 0. The first-order chi connectivity index (χ1) is 17.6. The van der Waals surface area contributed by atoms with Crippen LogP contribution in [0.25, 0.3) is 16.6 Å². The van der Waals surface area contributed by atoms with Gasteiger partial charge in [-0.3, -0.25) is 14.2 Å². The van der Waals surface area contributed by atoms with Gasteiger partial charge in [-0.2, -0.15) is 13.2 Å². The number of amides is 1. The fourth-order valence-corrected chi connectivity index (χ4v) is 4.13. The second-order valence-corrected chi connectivity index (χ2v) is 8.50. The van der Waals surface area contributed by atoms with Crippen LogP contribution in [0.4, 0.5) is 19.0 Å². The van der Waals surface area contributed by atoms with E-state index in [4.69, 9.17) is 5.73 Å². The summed E-state index contributed by atoms with van der Waals surface area (Å²) in [4.78, 5) is 36.5. The summed E-state index contributed by atoms with van der Waals surface area (Å²) >= 11 is 0. The maximum atomic E-state index is 13.8. The molecular formula is C25H21F3N8O. The first-order valence-corrected chi connectivity index (χ1v) is 11.3. The number of nitrogens with two attached hydrogens (primary N) is 1. The topological polar surface area (TPSA) is 115 Å². The van der Waals surface area contributed by atoms with Gasteiger partial charge in [0.05, 0.1) is 40.6 Å². The van der Waals surface area contributed by atoms with E-state index < -0.39 is 17.8 Å². The van der Waals surface area contributed by atoms with Gasteiger partial charge in [-0.1, -0.05) is 0 Å². The van der Waals surface area contributed by atoms with E-state index in [-0.39, 0.29) is 18.1 Å². The number of rotatable bonds is 5. The van der Waals surface area contributed by atoms with Crippen LogP contribution in [0.1, 0.15) is 46.1 Å². The van der Waals surface area contributed by atoms with Crippen molar-refractivity contribution in [2.75, 3.05) is 5.73 Å². The van der Waals surface area contributed by atoms with Crippen LogP contribution in [0.2, 0.25) is 0 Å². The lowest BCUT2D eigenvalue weighted by Gasteiger charge is -2.28. The second kappa shape index (κ2) is 9.12. The van der Waals surface area contributed by atoms with Gasteiger partial charge in [0.15, 0.2) is 0 Å². The molecule has 4 heterocycles. The smallest absolute Gasteiger partial charge is 0.382 e. The van der Waals surface area contributed by atoms with E-state index in [0.29, 0.717) is 39.4 Å². The van der Waals surface area contributed by atoms with Crippen molar-refractivity contribution in [2.24, 2.45) is 0 Å². The molecule has 12 heteroatoms. The number of anilines is 1. The molecule has 0 fully saturated rings. The van der Waals surface area contributed by atoms with Gasteiger partial charge in [0.2, 0.25) is 0 Å². The highest BCUT2D eigenvalue weighted by molar-refractivity contribution is 5.98. The van der Waals surface area contributed by atoms with Gasteiger partial charge in [-0.05, 0) is 50.2 Å². The van der Waals surface area contributed by atoms with Crippen molar-refractivity contribution in [3.8, 4) is 0 Å². The van der Waals surface area contributed by atoms with Crippen LogP contribution >= 0.6 is 0 Å². The third-order valence-corrected chi connectivity index (χ3v) is 6.09. The normalized spacial score (nSPS) is 12.7. The van der Waals surface area contributed by atoms with Gasteiger partial charge in [0.25, 0.3) is 5.91 Å². The molecule has 1 aromatic carbocycles. The number of hydrogen-bond donors (Lipinski definition) is 1. The van der Waals surface area contributed by atoms with Gasteiger partial charge in [-0.15, -0.1) is 0 Å². The Kier molecular flexibility index (Phi) is 5.94. The number of nitrogen functional groups attached to an aromatic ring is 1. The number of benzene rings is 1. The van der Waals surface area contributed by atoms with E-state index in [1.54, 1.807) is 54.3 Å². The number of alkyl halides is 3. The third-order valence-electron chi connectivity index (χ3n) is 6.09. The van der Waals surface area contributed by atoms with E-state index >= 15 is 0 Å². The molecule has 0 aliphatic carbocycles. The summed E-state index contributed by atoms with van der Waals surface area (Å²) in [6, 6.07) is 8.24. The van der Waals surface area contributed by atoms with Crippen LogP contribution < -0.4 is 5.73 Å². The van der Waals surface area contributed by atoms with Gasteiger partial charge < -0.3 is 10.6 Å². The Hall–Kier alpha value is -4.61. The van der Waals surface area contributed by atoms with Crippen LogP contribution in [-0.2, 0) is 12.7 Å². The first kappa shape index (κ1) is 24.1. The Morgan fingerprint density at radius 3 is 2.54 bits per heavy atom. The molecule has 0 unspecified atom stereocenters. The second-order valence-electron chi connectivity index (χ2n) is 8.50. The number of halogens is 3. The van der Waals surface area contributed by atoms with Crippen molar-refractivity contribution in [1.82, 2.24) is 34.2 Å². The van der Waals surface area contributed by atoms with Crippen LogP contribution in [0.5, 0.6) is 0 Å². The third kappa shape index (κ3) is 4.53. The highest BCUT2D eigenvalue weighted by Crippen LogP contribution is 2.29. The van der Waals surface area contributed by atoms with Crippen molar-refractivity contribution >= 4 is 28.3 Å². The minimum Gasteiger partial charge on any atom is -0.382 e. The van der Waals surface area contributed by atoms with Gasteiger partial charge in [0, 0.05) is 24.2 Å². The largest absolute Gasteiger partial charge is 0.417 e. The predicted octanol–water partition coefficient (Wildman–Crippen LogP) is 4.38. The van der Waals surface area contributed by atoms with Crippen molar-refractivity contribution in [1.29, 1.82) is 0 Å². The van der Waals surface area contributed by atoms with E-state index in [1.165, 1.54) is 11.0 Å². The van der Waals surface area contributed by atoms with Crippen molar-refractivity contribution in [3.63, 3.8) is 0 Å². The summed E-state index contributed by atoms with van der Waals surface area (Å²) < 4.78 is 40.8. The molecule has 0 saturated heterocycles. The summed E-state index contributed by atoms with van der Waals surface area (Å²) in [7, 11) is 0. The number of pyridine rings is 1. The first-order valence-electron chi connectivity index (χ1n) is 11.3. The molecule has 1 amide bonds. The SMILES string of the molecule is Cc1ncn2c1c(N)nc1ccc(C(=O)N(Cc3ccc(C(F)(F)F)cn3)[C@@H](C)c3ncccn3)cc12. The zero-order valence-corrected chi connectivity index (χ0v) is 19.8. The quantitative estimate of drug-likeness (QED) is 0.376. The zero-order valence-electron chi connectivity index (χ0n) is 19.8. The number of nitrogens with zero attached hydrogens (tertiary/aromatic N) is 7. The Bertz CT molecular complexity index is 1600. The number of aryl methyl sites for hydroxylation is 1. The van der Waals surface area contributed by atoms with Crippen LogP contribution in [0, 0.1) is 6.92 Å². The van der Waals surface area contributed by atoms with Crippen LogP contribution in [0.3, 0.4) is 0 Å². The highest BCUT2D eigenvalue weighted by atomic mass is 19.4. The molecule has 2 N–H and O–H groups in total. The average Bonchev–Trinajstić information content (AvgIpc) is 3.29. The molecular weight excluding hydrogens is 485 g/mol. The van der Waals surface area contributed by atoms with Crippen LogP contribution in [-0.4, -0.2) is 40.1 Å². The van der Waals surface area contributed by atoms with Crippen molar-refractivity contribution < 1.29 is 18.0 Å². The Labute approximate surface area is 208 Å². The van der Waals surface area contributed by atoms with Gasteiger partial charge in [0.1, 0.15) is 23.5 Å². The fraction of sp³-hybridized carbons (Fsp3) is 0.200. The van der Waals surface area contributed by atoms with Crippen molar-refractivity contribution in [3.05, 3.63) is 89.7 Å². The summed E-state index contributed by atoms with van der Waals surface area (Å²) in [5.74, 6) is 0.322. The summed E-state index contributed by atoms with van der Waals surface area (Å²) in [5.41, 5.74) is 8.41. The highest BCUT2D eigenvalue weighted by Gasteiger charge is 2.31. The Morgan fingerprint density at radius 1 is 1.11 bits per heavy atom. The molecule has 0 saturated carbocycles. The average molecular weight is 506 g/mol. The van der Waals surface area contributed by atoms with Gasteiger partial charge >= 0.3 is 6.18 Å². The number of hydrogen-bond acceptors (Lipinski definition) is 7. The maximum absolute atomic E-state index is 13.8. The molecule has 0 aliphatic heterocycles. The fourth-order valence-electron chi connectivity index (χ4n) is 4.13. The summed E-state index contributed by atoms with van der Waals surface area (Å²) in [6.45, 7) is 3.50. The number of carbonyl (C=O) groups is 1. The molecule has 188 valence electrons. The number of fused-ring (bicyclic) bond motifs is 3. The number of aromatic nitrogens is 6. The lowest BCUT2D eigenvalue weighted by molar-refractivity contribution is -0.137. The minimum atomic E-state index is -4.51. The number of imidazole rings is 1. The molecule has 0 bridgehead atoms. The molecule has 4 aromatic heterocycles. The van der Waals surface area contributed by atoms with E-state index in [2.05, 4.69) is 24.9 Å². The Morgan fingerprint density at radius 2 is 1.86 bits per heavy atom. The van der Waals surface area contributed by atoms with Crippen LogP contribution in [0.15, 0.2) is 61.3 Å². The molecule has 1 atom stereocenters. The molecule has 0 aliphatic rings.